The summed E-state index contributed by atoms with van der Waals surface area (Å²) < 4.78 is 60.5. The molecule has 1 aromatic carbocycles. The van der Waals surface area contributed by atoms with Crippen molar-refractivity contribution < 1.29 is 31.3 Å². The molecule has 1 amide bonds. The predicted octanol–water partition coefficient (Wildman–Crippen LogP) is 1.58. The maximum absolute atomic E-state index is 12.6. The highest BCUT2D eigenvalue weighted by Crippen LogP contribution is 2.34. The first kappa shape index (κ1) is 19.9. The number of benzene rings is 1. The van der Waals surface area contributed by atoms with E-state index in [4.69, 9.17) is 0 Å². The highest BCUT2D eigenvalue weighted by molar-refractivity contribution is 7.91. The number of alkyl halides is 3. The van der Waals surface area contributed by atoms with Crippen molar-refractivity contribution in [2.45, 2.75) is 12.6 Å². The van der Waals surface area contributed by atoms with Gasteiger partial charge in [0.25, 0.3) is 5.69 Å². The zero-order valence-corrected chi connectivity index (χ0v) is 14.2. The smallest absolute Gasteiger partial charge is 0.378 e. The Kier molecular flexibility index (Phi) is 5.74. The van der Waals surface area contributed by atoms with Crippen LogP contribution in [0.15, 0.2) is 18.2 Å². The zero-order chi connectivity index (χ0) is 19.5. The third-order valence-corrected chi connectivity index (χ3v) is 5.63. The second-order valence-electron chi connectivity index (χ2n) is 5.80. The first-order chi connectivity index (χ1) is 12.0. The Labute approximate surface area is 146 Å². The number of hydrogen-bond donors (Lipinski definition) is 2. The van der Waals surface area contributed by atoms with Gasteiger partial charge in [-0.25, -0.2) is 8.42 Å². The number of rotatable bonds is 6. The maximum Gasteiger partial charge on any atom is 0.416 e. The number of nitro benzene ring substituents is 1. The molecular formula is C14H16F3N3O5S. The lowest BCUT2D eigenvalue weighted by Crippen LogP contribution is -2.34. The molecule has 1 aliphatic heterocycles. The molecule has 144 valence electrons. The Hall–Kier alpha value is -2.37. The predicted molar refractivity (Wildman–Crippen MR) is 86.4 cm³/mol. The van der Waals surface area contributed by atoms with Crippen LogP contribution >= 0.6 is 0 Å². The Balaban J connectivity index is 1.91. The molecule has 0 radical (unpaired) electrons. The van der Waals surface area contributed by atoms with Gasteiger partial charge in [0.2, 0.25) is 5.91 Å². The fraction of sp³-hybridized carbons (Fsp3) is 0.500. The van der Waals surface area contributed by atoms with Crippen LogP contribution in [0, 0.1) is 16.0 Å². The first-order valence-electron chi connectivity index (χ1n) is 7.57. The number of sulfone groups is 1. The van der Waals surface area contributed by atoms with Gasteiger partial charge in [0, 0.05) is 19.2 Å². The van der Waals surface area contributed by atoms with E-state index in [1.165, 1.54) is 0 Å². The third kappa shape index (κ3) is 5.07. The van der Waals surface area contributed by atoms with Crippen LogP contribution in [0.25, 0.3) is 0 Å². The zero-order valence-electron chi connectivity index (χ0n) is 13.4. The summed E-state index contributed by atoms with van der Waals surface area (Å²) in [5.74, 6) is -1.31. The van der Waals surface area contributed by atoms with Crippen LogP contribution in [0.4, 0.5) is 24.5 Å². The quantitative estimate of drug-likeness (QED) is 0.429. The first-order valence-corrected chi connectivity index (χ1v) is 9.39. The van der Waals surface area contributed by atoms with Crippen molar-refractivity contribution in [1.82, 2.24) is 5.32 Å². The van der Waals surface area contributed by atoms with Gasteiger partial charge in [0.05, 0.1) is 27.9 Å². The van der Waals surface area contributed by atoms with E-state index >= 15 is 0 Å². The summed E-state index contributed by atoms with van der Waals surface area (Å²) in [6.45, 7) is 0.0605. The summed E-state index contributed by atoms with van der Waals surface area (Å²) in [7, 11) is -3.19. The van der Waals surface area contributed by atoms with Crippen LogP contribution in [-0.4, -0.2) is 43.8 Å². The van der Waals surface area contributed by atoms with Crippen molar-refractivity contribution >= 4 is 27.1 Å². The lowest BCUT2D eigenvalue weighted by atomic mass is 10.1. The molecule has 0 aromatic heterocycles. The SMILES string of the molecule is O=C(NCCNc1ccc(C(F)(F)F)cc1[N+](=O)[O-])[C@@H]1CCS(=O)(=O)C1. The topological polar surface area (TPSA) is 118 Å². The molecule has 0 spiro atoms. The molecule has 1 saturated heterocycles. The number of carbonyl (C=O) groups excluding carboxylic acids is 1. The number of nitrogens with zero attached hydrogens (tertiary/aromatic N) is 1. The molecule has 2 rings (SSSR count). The van der Waals surface area contributed by atoms with E-state index in [0.717, 1.165) is 12.1 Å². The van der Waals surface area contributed by atoms with Gasteiger partial charge >= 0.3 is 6.18 Å². The van der Waals surface area contributed by atoms with Crippen LogP contribution in [-0.2, 0) is 20.8 Å². The van der Waals surface area contributed by atoms with E-state index in [1.54, 1.807) is 0 Å². The molecule has 8 nitrogen and oxygen atoms in total. The molecule has 0 unspecified atom stereocenters. The summed E-state index contributed by atoms with van der Waals surface area (Å²) >= 11 is 0. The minimum atomic E-state index is -4.70. The fourth-order valence-corrected chi connectivity index (χ4v) is 4.28. The van der Waals surface area contributed by atoms with E-state index in [9.17, 15) is 36.5 Å². The van der Waals surface area contributed by atoms with Gasteiger partial charge in [-0.3, -0.25) is 14.9 Å². The second-order valence-corrected chi connectivity index (χ2v) is 8.03. The minimum absolute atomic E-state index is 0.0252. The molecule has 1 aliphatic rings. The maximum atomic E-state index is 12.6. The lowest BCUT2D eigenvalue weighted by Gasteiger charge is -2.12. The van der Waals surface area contributed by atoms with E-state index < -0.39 is 44.0 Å². The van der Waals surface area contributed by atoms with Crippen LogP contribution in [0.2, 0.25) is 0 Å². The Bertz CT molecular complexity index is 811. The molecule has 12 heteroatoms. The fourth-order valence-electron chi connectivity index (χ4n) is 2.54. The summed E-state index contributed by atoms with van der Waals surface area (Å²) in [4.78, 5) is 21.9. The van der Waals surface area contributed by atoms with Gasteiger partial charge in [-0.15, -0.1) is 0 Å². The number of amides is 1. The summed E-state index contributed by atoms with van der Waals surface area (Å²) in [5, 5.41) is 16.0. The molecule has 1 atom stereocenters. The number of nitrogens with one attached hydrogen (secondary N) is 2. The number of carbonyl (C=O) groups is 1. The summed E-state index contributed by atoms with van der Waals surface area (Å²) in [6.07, 6.45) is -4.45. The van der Waals surface area contributed by atoms with E-state index in [2.05, 4.69) is 10.6 Å². The molecule has 1 fully saturated rings. The monoisotopic (exact) mass is 395 g/mol. The molecule has 2 N–H and O–H groups in total. The third-order valence-electron chi connectivity index (χ3n) is 3.86. The standard InChI is InChI=1S/C14H16F3N3O5S/c15-14(16,17)10-1-2-11(12(7-10)20(22)23)18-4-5-19-13(21)9-3-6-26(24,25)8-9/h1-2,7,9,18H,3-6,8H2,(H,19,21)/t9-/m1/s1. The molecule has 0 aliphatic carbocycles. The van der Waals surface area contributed by atoms with Crippen molar-refractivity contribution in [3.63, 3.8) is 0 Å². The van der Waals surface area contributed by atoms with Crippen molar-refractivity contribution in [3.05, 3.63) is 33.9 Å². The Morgan fingerprint density at radius 1 is 1.31 bits per heavy atom. The summed E-state index contributed by atoms with van der Waals surface area (Å²) in [5.41, 5.74) is -1.97. The molecule has 1 aromatic rings. The van der Waals surface area contributed by atoms with E-state index in [1.807, 2.05) is 0 Å². The van der Waals surface area contributed by atoms with Gasteiger partial charge in [-0.05, 0) is 18.6 Å². The van der Waals surface area contributed by atoms with Crippen LogP contribution < -0.4 is 10.6 Å². The highest BCUT2D eigenvalue weighted by atomic mass is 32.2. The minimum Gasteiger partial charge on any atom is -0.378 e. The average molecular weight is 395 g/mol. The van der Waals surface area contributed by atoms with Crippen molar-refractivity contribution in [2.24, 2.45) is 5.92 Å². The number of hydrogen-bond acceptors (Lipinski definition) is 6. The normalized spacial score (nSPS) is 19.1. The average Bonchev–Trinajstić information content (AvgIpc) is 2.90. The number of anilines is 1. The van der Waals surface area contributed by atoms with Gasteiger partial charge < -0.3 is 10.6 Å². The molecule has 26 heavy (non-hydrogen) atoms. The van der Waals surface area contributed by atoms with E-state index in [-0.39, 0.29) is 36.7 Å². The summed E-state index contributed by atoms with van der Waals surface area (Å²) in [6, 6.07) is 2.11. The van der Waals surface area contributed by atoms with Crippen LogP contribution in [0.5, 0.6) is 0 Å². The number of nitro groups is 1. The van der Waals surface area contributed by atoms with Gasteiger partial charge in [-0.1, -0.05) is 0 Å². The van der Waals surface area contributed by atoms with Gasteiger partial charge in [0.15, 0.2) is 9.84 Å². The Morgan fingerprint density at radius 2 is 2.00 bits per heavy atom. The van der Waals surface area contributed by atoms with Crippen molar-refractivity contribution in [3.8, 4) is 0 Å². The Morgan fingerprint density at radius 3 is 2.54 bits per heavy atom. The van der Waals surface area contributed by atoms with E-state index in [0.29, 0.717) is 6.07 Å². The van der Waals surface area contributed by atoms with Crippen LogP contribution in [0.1, 0.15) is 12.0 Å². The number of halogens is 3. The highest BCUT2D eigenvalue weighted by Gasteiger charge is 2.33. The molecule has 0 bridgehead atoms. The molecular weight excluding hydrogens is 379 g/mol. The van der Waals surface area contributed by atoms with Gasteiger partial charge in [-0.2, -0.15) is 13.2 Å². The second kappa shape index (κ2) is 7.48. The van der Waals surface area contributed by atoms with Gasteiger partial charge in [0.1, 0.15) is 5.69 Å². The molecule has 0 saturated carbocycles. The molecule has 1 heterocycles. The van der Waals surface area contributed by atoms with Crippen molar-refractivity contribution in [2.75, 3.05) is 29.9 Å². The van der Waals surface area contributed by atoms with Crippen LogP contribution in [0.3, 0.4) is 0 Å². The largest absolute Gasteiger partial charge is 0.416 e. The van der Waals surface area contributed by atoms with Crippen molar-refractivity contribution in [1.29, 1.82) is 0 Å². The lowest BCUT2D eigenvalue weighted by molar-refractivity contribution is -0.384.